The lowest BCUT2D eigenvalue weighted by Crippen LogP contribution is -2.16. The Morgan fingerprint density at radius 2 is 0.812 bits per heavy atom. The van der Waals surface area contributed by atoms with Crippen LogP contribution in [0.15, 0.2) is 243 Å². The maximum atomic E-state index is 2.55. The van der Waals surface area contributed by atoms with E-state index in [4.69, 9.17) is 0 Å². The van der Waals surface area contributed by atoms with Gasteiger partial charge >= 0.3 is 0 Å². The second-order valence-corrected chi connectivity index (χ2v) is 19.0. The Morgan fingerprint density at radius 3 is 1.33 bits per heavy atom. The highest BCUT2D eigenvalue weighted by molar-refractivity contribution is 6.26. The van der Waals surface area contributed by atoms with Crippen LogP contribution >= 0.6 is 0 Å². The van der Waals surface area contributed by atoms with Crippen LogP contribution in [0.2, 0.25) is 0 Å². The van der Waals surface area contributed by atoms with Crippen molar-refractivity contribution in [3.05, 3.63) is 254 Å². The van der Waals surface area contributed by atoms with Crippen molar-refractivity contribution in [3.63, 3.8) is 0 Å². The molecule has 0 unspecified atom stereocenters. The molecule has 13 aromatic rings. The van der Waals surface area contributed by atoms with Gasteiger partial charge in [0.05, 0.1) is 22.1 Å². The number of rotatable bonds is 8. The number of hydrogen-bond acceptors (Lipinski definition) is 2. The smallest absolute Gasteiger partial charge is 0.0588 e. The van der Waals surface area contributed by atoms with Gasteiger partial charge in [-0.2, -0.15) is 0 Å². The predicted octanol–water partition coefficient (Wildman–Crippen LogP) is 17.7. The fourth-order valence-corrected chi connectivity index (χ4v) is 11.8. The molecule has 11 aromatic carbocycles. The molecule has 1 aliphatic rings. The summed E-state index contributed by atoms with van der Waals surface area (Å²) in [6.45, 7) is 4.83. The zero-order valence-electron chi connectivity index (χ0n) is 38.4. The molecule has 2 aromatic heterocycles. The van der Waals surface area contributed by atoms with Crippen molar-refractivity contribution in [1.29, 1.82) is 0 Å². The summed E-state index contributed by atoms with van der Waals surface area (Å²) >= 11 is 0. The Morgan fingerprint density at radius 1 is 0.333 bits per heavy atom. The molecule has 69 heavy (non-hydrogen) atoms. The maximum Gasteiger partial charge on any atom is 0.0588 e. The van der Waals surface area contributed by atoms with Crippen molar-refractivity contribution >= 4 is 88.5 Å². The fraction of sp³-hybridized carbons (Fsp3) is 0.0462. The van der Waals surface area contributed by atoms with Crippen molar-refractivity contribution in [3.8, 4) is 22.5 Å². The van der Waals surface area contributed by atoms with Crippen LogP contribution in [0.4, 0.5) is 34.1 Å². The predicted molar refractivity (Wildman–Crippen MR) is 291 cm³/mol. The highest BCUT2D eigenvalue weighted by Gasteiger charge is 2.39. The summed E-state index contributed by atoms with van der Waals surface area (Å²) < 4.78 is 5.04. The van der Waals surface area contributed by atoms with Gasteiger partial charge in [-0.25, -0.2) is 0 Å². The molecule has 0 bridgehead atoms. The van der Waals surface area contributed by atoms with E-state index < -0.39 is 0 Å². The van der Waals surface area contributed by atoms with Gasteiger partial charge in [-0.05, 0) is 136 Å². The lowest BCUT2D eigenvalue weighted by molar-refractivity contribution is 0.664. The molecule has 4 heteroatoms. The summed E-state index contributed by atoms with van der Waals surface area (Å²) in [6.07, 6.45) is 0. The van der Waals surface area contributed by atoms with Crippen LogP contribution < -0.4 is 9.80 Å². The number of fused-ring (bicyclic) bond motifs is 7. The summed E-state index contributed by atoms with van der Waals surface area (Å²) in [5, 5.41) is 7.49. The molecule has 0 radical (unpaired) electrons. The number of anilines is 6. The van der Waals surface area contributed by atoms with Crippen molar-refractivity contribution < 1.29 is 0 Å². The van der Waals surface area contributed by atoms with Gasteiger partial charge in [0.1, 0.15) is 0 Å². The van der Waals surface area contributed by atoms with Gasteiger partial charge in [-0.1, -0.05) is 153 Å². The van der Waals surface area contributed by atoms with Gasteiger partial charge in [0.2, 0.25) is 0 Å². The Labute approximate surface area is 401 Å². The van der Waals surface area contributed by atoms with Crippen LogP contribution in [-0.2, 0) is 5.41 Å². The zero-order chi connectivity index (χ0) is 45.8. The van der Waals surface area contributed by atoms with E-state index >= 15 is 0 Å². The molecule has 0 amide bonds. The second-order valence-electron chi connectivity index (χ2n) is 19.0. The molecule has 0 N–H and O–H groups in total. The zero-order valence-corrected chi connectivity index (χ0v) is 38.4. The van der Waals surface area contributed by atoms with Crippen LogP contribution in [0, 0.1) is 0 Å². The van der Waals surface area contributed by atoms with Crippen LogP contribution in [0.25, 0.3) is 76.9 Å². The average Bonchev–Trinajstić information content (AvgIpc) is 4.00. The number of hydrogen-bond donors (Lipinski definition) is 0. The van der Waals surface area contributed by atoms with Gasteiger partial charge in [-0.3, -0.25) is 0 Å². The Hall–Kier alpha value is -8.86. The highest BCUT2D eigenvalue weighted by Crippen LogP contribution is 2.54. The summed E-state index contributed by atoms with van der Waals surface area (Å²) in [7, 11) is 0. The van der Waals surface area contributed by atoms with Crippen LogP contribution in [-0.4, -0.2) is 9.13 Å². The third kappa shape index (κ3) is 5.88. The van der Waals surface area contributed by atoms with Crippen molar-refractivity contribution in [1.82, 2.24) is 9.13 Å². The van der Waals surface area contributed by atoms with E-state index in [1.165, 1.54) is 82.3 Å². The van der Waals surface area contributed by atoms with Crippen LogP contribution in [0.3, 0.4) is 0 Å². The molecule has 14 rings (SSSR count). The molecule has 0 aliphatic heterocycles. The summed E-state index contributed by atoms with van der Waals surface area (Å²) in [6, 6.07) is 89.0. The third-order valence-electron chi connectivity index (χ3n) is 14.7. The first kappa shape index (κ1) is 39.3. The van der Waals surface area contributed by atoms with Crippen molar-refractivity contribution in [2.75, 3.05) is 9.80 Å². The lowest BCUT2D eigenvalue weighted by Gasteiger charge is -2.26. The molecule has 0 atom stereocenters. The summed E-state index contributed by atoms with van der Waals surface area (Å²) in [5.74, 6) is 0. The van der Waals surface area contributed by atoms with E-state index in [1.54, 1.807) is 0 Å². The molecule has 0 saturated carbocycles. The Bertz CT molecular complexity index is 3840. The van der Waals surface area contributed by atoms with Gasteiger partial charge < -0.3 is 18.9 Å². The SMILES string of the molecule is CC1(C)c2ccc(-n3c4cc(N(c5ccccc5)c5ccccc5)cc5ccc6cc(N(c7ccccc7)c7ccccc7)cc3c6c54)cc2-c2ccc3c4ccccc4n(-c4ccccc4)c3c21. The normalized spacial score (nSPS) is 12.9. The van der Waals surface area contributed by atoms with E-state index in [1.807, 2.05) is 0 Å². The second kappa shape index (κ2) is 15.1. The highest BCUT2D eigenvalue weighted by atomic mass is 15.2. The van der Waals surface area contributed by atoms with Gasteiger partial charge in [0, 0.05) is 72.5 Å². The first-order valence-electron chi connectivity index (χ1n) is 23.9. The first-order valence-corrected chi connectivity index (χ1v) is 23.9. The molecule has 0 fully saturated rings. The van der Waals surface area contributed by atoms with Crippen LogP contribution in [0.1, 0.15) is 25.0 Å². The summed E-state index contributed by atoms with van der Waals surface area (Å²) in [4.78, 5) is 4.77. The first-order chi connectivity index (χ1) is 34.0. The van der Waals surface area contributed by atoms with E-state index in [0.29, 0.717) is 0 Å². The minimum absolute atomic E-state index is 0.268. The largest absolute Gasteiger partial charge is 0.310 e. The minimum atomic E-state index is -0.268. The standard InChI is InChI=1S/C65H46N4/c1-65(2)57-37-34-50(40-56(57)54-35-36-55-53-30-18-19-31-58(53)69(64(55)63(54)65)49-28-16-7-17-29-49)68-59-41-51(66(45-20-8-3-9-21-45)46-22-10-4-11-23-46)38-43-32-33-44-39-52(42-60(68)62(44)61(43)59)67(47-24-12-5-13-25-47)48-26-14-6-15-27-48/h3-42H,1-2H3. The van der Waals surface area contributed by atoms with Crippen molar-refractivity contribution in [2.45, 2.75) is 19.3 Å². The van der Waals surface area contributed by atoms with Gasteiger partial charge in [-0.15, -0.1) is 0 Å². The number of para-hydroxylation sites is 6. The number of nitrogens with zero attached hydrogens (tertiary/aromatic N) is 4. The molecule has 0 saturated heterocycles. The summed E-state index contributed by atoms with van der Waals surface area (Å²) in [5.41, 5.74) is 18.8. The van der Waals surface area contributed by atoms with E-state index in [9.17, 15) is 0 Å². The molecular formula is C65H46N4. The fourth-order valence-electron chi connectivity index (χ4n) is 11.8. The van der Waals surface area contributed by atoms with Crippen LogP contribution in [0.5, 0.6) is 0 Å². The third-order valence-corrected chi connectivity index (χ3v) is 14.7. The van der Waals surface area contributed by atoms with E-state index in [-0.39, 0.29) is 5.41 Å². The molecule has 1 aliphatic carbocycles. The molecule has 0 spiro atoms. The Balaban J connectivity index is 1.06. The molecule has 326 valence electrons. The van der Waals surface area contributed by atoms with Gasteiger partial charge in [0.25, 0.3) is 0 Å². The molecule has 2 heterocycles. The lowest BCUT2D eigenvalue weighted by atomic mass is 9.81. The van der Waals surface area contributed by atoms with E-state index in [0.717, 1.165) is 39.8 Å². The average molecular weight is 883 g/mol. The molecule has 4 nitrogen and oxygen atoms in total. The van der Waals surface area contributed by atoms with Gasteiger partial charge in [0.15, 0.2) is 0 Å². The minimum Gasteiger partial charge on any atom is -0.310 e. The number of aromatic nitrogens is 2. The number of benzene rings is 11. The quantitative estimate of drug-likeness (QED) is 0.141. The topological polar surface area (TPSA) is 16.3 Å². The maximum absolute atomic E-state index is 2.55. The van der Waals surface area contributed by atoms with E-state index in [2.05, 4.69) is 275 Å². The molecular weight excluding hydrogens is 837 g/mol. The van der Waals surface area contributed by atoms with Crippen molar-refractivity contribution in [2.24, 2.45) is 0 Å². The Kier molecular flexibility index (Phi) is 8.59. The monoisotopic (exact) mass is 882 g/mol.